The summed E-state index contributed by atoms with van der Waals surface area (Å²) in [7, 11) is 1.62. The Bertz CT molecular complexity index is 620. The lowest BCUT2D eigenvalue weighted by atomic mass is 9.94. The third kappa shape index (κ3) is 2.73. The van der Waals surface area contributed by atoms with Gasteiger partial charge in [0.05, 0.1) is 13.2 Å². The van der Waals surface area contributed by atoms with E-state index in [0.717, 1.165) is 22.4 Å². The predicted octanol–water partition coefficient (Wildman–Crippen LogP) is 3.19. The number of ether oxygens (including phenoxy) is 1. The largest absolute Gasteiger partial charge is 0.496 e. The average molecular weight is 269 g/mol. The summed E-state index contributed by atoms with van der Waals surface area (Å²) in [5.41, 5.74) is 9.37. The summed E-state index contributed by atoms with van der Waals surface area (Å²) < 4.78 is 5.26. The molecule has 0 bridgehead atoms. The van der Waals surface area contributed by atoms with Gasteiger partial charge in [-0.15, -0.1) is 0 Å². The number of hydrogen-bond acceptors (Lipinski definition) is 3. The average Bonchev–Trinajstić information content (AvgIpc) is 2.48. The first kappa shape index (κ1) is 14.3. The Kier molecular flexibility index (Phi) is 4.20. The van der Waals surface area contributed by atoms with Gasteiger partial charge in [0.25, 0.3) is 0 Å². The maximum Gasteiger partial charge on any atom is 0.184 e. The van der Waals surface area contributed by atoms with Gasteiger partial charge in [-0.25, -0.2) is 0 Å². The summed E-state index contributed by atoms with van der Waals surface area (Å²) in [5.74, 6) is 0.715. The van der Waals surface area contributed by atoms with E-state index in [4.69, 9.17) is 10.5 Å². The highest BCUT2D eigenvalue weighted by Crippen LogP contribution is 2.25. The molecule has 0 spiro atoms. The maximum atomic E-state index is 12.6. The Morgan fingerprint density at radius 3 is 2.35 bits per heavy atom. The molecule has 0 amide bonds. The minimum Gasteiger partial charge on any atom is -0.496 e. The quantitative estimate of drug-likeness (QED) is 0.867. The molecule has 0 fully saturated rings. The zero-order chi connectivity index (χ0) is 14.7. The molecule has 104 valence electrons. The summed E-state index contributed by atoms with van der Waals surface area (Å²) in [6.07, 6.45) is 0. The van der Waals surface area contributed by atoms with Crippen molar-refractivity contribution in [2.24, 2.45) is 5.73 Å². The number of nitrogens with two attached hydrogens (primary N) is 1. The first-order valence-electron chi connectivity index (χ1n) is 6.54. The van der Waals surface area contributed by atoms with Crippen molar-refractivity contribution in [2.45, 2.75) is 19.9 Å². The lowest BCUT2D eigenvalue weighted by Crippen LogP contribution is -2.22. The van der Waals surface area contributed by atoms with Gasteiger partial charge in [-0.3, -0.25) is 4.79 Å². The van der Waals surface area contributed by atoms with E-state index in [-0.39, 0.29) is 5.78 Å². The van der Waals surface area contributed by atoms with Gasteiger partial charge in [-0.2, -0.15) is 0 Å². The number of carbonyl (C=O) groups excluding carboxylic acids is 1. The molecule has 2 aromatic carbocycles. The van der Waals surface area contributed by atoms with Crippen molar-refractivity contribution in [3.8, 4) is 5.75 Å². The highest BCUT2D eigenvalue weighted by atomic mass is 16.5. The summed E-state index contributed by atoms with van der Waals surface area (Å²) in [4.78, 5) is 12.6. The van der Waals surface area contributed by atoms with Crippen LogP contribution in [0.3, 0.4) is 0 Å². The van der Waals surface area contributed by atoms with Gasteiger partial charge in [-0.1, -0.05) is 30.3 Å². The van der Waals surface area contributed by atoms with E-state index in [1.807, 2.05) is 56.3 Å². The summed E-state index contributed by atoms with van der Waals surface area (Å²) in [6, 6.07) is 12.5. The van der Waals surface area contributed by atoms with Crippen molar-refractivity contribution in [3.05, 3.63) is 64.7 Å². The molecule has 2 N–H and O–H groups in total. The zero-order valence-corrected chi connectivity index (χ0v) is 12.0. The first-order valence-corrected chi connectivity index (χ1v) is 6.54. The number of Topliss-reactive ketones (excluding diaryl/α,β-unsaturated/α-hetero) is 1. The van der Waals surface area contributed by atoms with Crippen LogP contribution in [0.15, 0.2) is 42.5 Å². The van der Waals surface area contributed by atoms with Crippen LogP contribution in [-0.2, 0) is 0 Å². The Balaban J connectivity index is 2.37. The Hall–Kier alpha value is -2.13. The number of methoxy groups -OCH3 is 1. The van der Waals surface area contributed by atoms with Crippen LogP contribution in [0.2, 0.25) is 0 Å². The third-order valence-corrected chi connectivity index (χ3v) is 3.45. The molecule has 0 aliphatic rings. The molecule has 0 unspecified atom stereocenters. The number of hydrogen-bond donors (Lipinski definition) is 1. The topological polar surface area (TPSA) is 52.3 Å². The second kappa shape index (κ2) is 5.88. The summed E-state index contributed by atoms with van der Waals surface area (Å²) in [6.45, 7) is 3.82. The van der Waals surface area contributed by atoms with Gasteiger partial charge in [-0.05, 0) is 42.7 Å². The molecule has 0 radical (unpaired) electrons. The Morgan fingerprint density at radius 2 is 1.75 bits per heavy atom. The zero-order valence-electron chi connectivity index (χ0n) is 12.0. The molecule has 0 heterocycles. The highest BCUT2D eigenvalue weighted by molar-refractivity contribution is 6.02. The van der Waals surface area contributed by atoms with E-state index < -0.39 is 6.04 Å². The van der Waals surface area contributed by atoms with E-state index >= 15 is 0 Å². The van der Waals surface area contributed by atoms with Crippen molar-refractivity contribution < 1.29 is 9.53 Å². The molecule has 20 heavy (non-hydrogen) atoms. The van der Waals surface area contributed by atoms with Crippen LogP contribution in [0, 0.1) is 13.8 Å². The molecule has 0 saturated heterocycles. The Morgan fingerprint density at radius 1 is 1.10 bits per heavy atom. The normalized spacial score (nSPS) is 12.0. The van der Waals surface area contributed by atoms with Crippen molar-refractivity contribution >= 4 is 5.78 Å². The molecule has 3 nitrogen and oxygen atoms in total. The van der Waals surface area contributed by atoms with E-state index in [1.54, 1.807) is 7.11 Å². The van der Waals surface area contributed by atoms with Crippen LogP contribution in [0.25, 0.3) is 0 Å². The van der Waals surface area contributed by atoms with Crippen LogP contribution in [-0.4, -0.2) is 12.9 Å². The van der Waals surface area contributed by atoms with E-state index in [9.17, 15) is 4.79 Å². The lowest BCUT2D eigenvalue weighted by molar-refractivity contribution is 0.0960. The summed E-state index contributed by atoms with van der Waals surface area (Å²) >= 11 is 0. The smallest absolute Gasteiger partial charge is 0.184 e. The fourth-order valence-corrected chi connectivity index (χ4v) is 2.25. The number of benzene rings is 2. The lowest BCUT2D eigenvalue weighted by Gasteiger charge is -2.15. The molecule has 2 aromatic rings. The van der Waals surface area contributed by atoms with Crippen LogP contribution in [0.4, 0.5) is 0 Å². The molecule has 0 aromatic heterocycles. The molecular weight excluding hydrogens is 250 g/mol. The van der Waals surface area contributed by atoms with Gasteiger partial charge >= 0.3 is 0 Å². The summed E-state index contributed by atoms with van der Waals surface area (Å²) in [5, 5.41) is 0. The van der Waals surface area contributed by atoms with Crippen molar-refractivity contribution in [2.75, 3.05) is 7.11 Å². The number of rotatable bonds is 4. The molecule has 0 saturated carbocycles. The van der Waals surface area contributed by atoms with Crippen LogP contribution in [0.1, 0.15) is 33.1 Å². The highest BCUT2D eigenvalue weighted by Gasteiger charge is 2.20. The second-order valence-corrected chi connectivity index (χ2v) is 4.89. The van der Waals surface area contributed by atoms with Gasteiger partial charge in [0, 0.05) is 5.56 Å². The SMILES string of the molecule is COc1cc(C)c(C(=O)[C@H](N)c2ccccc2)cc1C. The van der Waals surface area contributed by atoms with Gasteiger partial charge < -0.3 is 10.5 Å². The van der Waals surface area contributed by atoms with E-state index in [2.05, 4.69) is 0 Å². The van der Waals surface area contributed by atoms with Gasteiger partial charge in [0.2, 0.25) is 0 Å². The monoisotopic (exact) mass is 269 g/mol. The predicted molar refractivity (Wildman–Crippen MR) is 80.2 cm³/mol. The van der Waals surface area contributed by atoms with Crippen LogP contribution < -0.4 is 10.5 Å². The molecule has 0 aliphatic heterocycles. The first-order chi connectivity index (χ1) is 9.54. The van der Waals surface area contributed by atoms with E-state index in [0.29, 0.717) is 5.56 Å². The molecule has 3 heteroatoms. The van der Waals surface area contributed by atoms with Gasteiger partial charge in [0.15, 0.2) is 5.78 Å². The molecule has 2 rings (SSSR count). The number of carbonyl (C=O) groups is 1. The molecule has 0 aliphatic carbocycles. The van der Waals surface area contributed by atoms with Crippen molar-refractivity contribution in [3.63, 3.8) is 0 Å². The maximum absolute atomic E-state index is 12.6. The molecular formula is C17H19NO2. The van der Waals surface area contributed by atoms with Crippen LogP contribution in [0.5, 0.6) is 5.75 Å². The van der Waals surface area contributed by atoms with Gasteiger partial charge in [0.1, 0.15) is 5.75 Å². The standard InChI is InChI=1S/C17H19NO2/c1-11-10-15(20-3)12(2)9-14(11)17(19)16(18)13-7-5-4-6-8-13/h4-10,16H,18H2,1-3H3/t16-/m1/s1. The fourth-order valence-electron chi connectivity index (χ4n) is 2.25. The fraction of sp³-hybridized carbons (Fsp3) is 0.235. The second-order valence-electron chi connectivity index (χ2n) is 4.89. The minimum atomic E-state index is -0.636. The van der Waals surface area contributed by atoms with Crippen LogP contribution >= 0.6 is 0 Å². The van der Waals surface area contributed by atoms with Crippen molar-refractivity contribution in [1.29, 1.82) is 0 Å². The minimum absolute atomic E-state index is 0.0700. The Labute approximate surface area is 119 Å². The number of ketones is 1. The number of aryl methyl sites for hydroxylation is 2. The van der Waals surface area contributed by atoms with E-state index in [1.165, 1.54) is 0 Å². The van der Waals surface area contributed by atoms with Crippen molar-refractivity contribution in [1.82, 2.24) is 0 Å². The molecule has 1 atom stereocenters. The third-order valence-electron chi connectivity index (χ3n) is 3.45.